The van der Waals surface area contributed by atoms with Gasteiger partial charge in [-0.2, -0.15) is 0 Å². The molecule has 0 N–H and O–H groups in total. The summed E-state index contributed by atoms with van der Waals surface area (Å²) in [6.45, 7) is 4.57. The quantitative estimate of drug-likeness (QED) is 0.599. The molecule has 0 aliphatic heterocycles. The molecule has 3 rings (SSSR count). The van der Waals surface area contributed by atoms with E-state index >= 15 is 0 Å². The molecule has 1 heteroatoms. The van der Waals surface area contributed by atoms with E-state index in [9.17, 15) is 4.79 Å². The van der Waals surface area contributed by atoms with Gasteiger partial charge in [0.25, 0.3) is 0 Å². The van der Waals surface area contributed by atoms with E-state index < -0.39 is 0 Å². The Morgan fingerprint density at radius 2 is 2.20 bits per heavy atom. The van der Waals surface area contributed by atoms with Gasteiger partial charge in [0.05, 0.1) is 0 Å². The summed E-state index contributed by atoms with van der Waals surface area (Å²) >= 11 is 0. The minimum atomic E-state index is 0.334. The highest BCUT2D eigenvalue weighted by Crippen LogP contribution is 2.55. The van der Waals surface area contributed by atoms with E-state index in [-0.39, 0.29) is 0 Å². The van der Waals surface area contributed by atoms with Crippen LogP contribution in [0.2, 0.25) is 0 Å². The molecule has 0 unspecified atom stereocenters. The Labute approximate surface area is 91.9 Å². The zero-order valence-corrected chi connectivity index (χ0v) is 9.70. The maximum Gasteiger partial charge on any atom is 0.140 e. The van der Waals surface area contributed by atoms with Gasteiger partial charge < -0.3 is 0 Å². The van der Waals surface area contributed by atoms with Crippen LogP contribution in [0.5, 0.6) is 0 Å². The topological polar surface area (TPSA) is 17.1 Å². The molecule has 0 aromatic rings. The summed E-state index contributed by atoms with van der Waals surface area (Å²) in [5, 5.41) is 0. The zero-order valence-electron chi connectivity index (χ0n) is 9.70. The monoisotopic (exact) mass is 204 g/mol. The molecular weight excluding hydrogens is 184 g/mol. The second-order valence-corrected chi connectivity index (χ2v) is 5.93. The van der Waals surface area contributed by atoms with Gasteiger partial charge in [0.15, 0.2) is 0 Å². The van der Waals surface area contributed by atoms with Crippen LogP contribution in [0, 0.1) is 29.6 Å². The van der Waals surface area contributed by atoms with Crippen LogP contribution in [-0.2, 0) is 4.79 Å². The lowest BCUT2D eigenvalue weighted by Gasteiger charge is -2.52. The molecular formula is C14H20O. The van der Waals surface area contributed by atoms with Crippen LogP contribution < -0.4 is 0 Å². The van der Waals surface area contributed by atoms with E-state index in [2.05, 4.69) is 19.9 Å². The summed E-state index contributed by atoms with van der Waals surface area (Å²) in [6, 6.07) is 0. The van der Waals surface area contributed by atoms with Gasteiger partial charge in [0.1, 0.15) is 5.78 Å². The number of carbonyl (C=O) groups excluding carboxylic acids is 1. The first kappa shape index (κ1) is 9.62. The van der Waals surface area contributed by atoms with Gasteiger partial charge in [0, 0.05) is 12.3 Å². The van der Waals surface area contributed by atoms with Crippen molar-refractivity contribution in [2.45, 2.75) is 39.5 Å². The lowest BCUT2D eigenvalue weighted by Crippen LogP contribution is -2.48. The minimum absolute atomic E-state index is 0.334. The van der Waals surface area contributed by atoms with Gasteiger partial charge in [-0.1, -0.05) is 25.5 Å². The molecule has 4 atom stereocenters. The molecule has 2 saturated carbocycles. The third-order valence-electron chi connectivity index (χ3n) is 4.89. The zero-order chi connectivity index (χ0) is 10.6. The fourth-order valence-corrected chi connectivity index (χ4v) is 4.09. The maximum absolute atomic E-state index is 12.0. The molecule has 0 amide bonds. The predicted octanol–water partition coefficient (Wildman–Crippen LogP) is 3.20. The van der Waals surface area contributed by atoms with Crippen molar-refractivity contribution in [3.63, 3.8) is 0 Å². The van der Waals surface area contributed by atoms with Crippen molar-refractivity contribution in [2.75, 3.05) is 0 Å². The van der Waals surface area contributed by atoms with Crippen molar-refractivity contribution in [1.29, 1.82) is 0 Å². The normalized spacial score (nSPS) is 43.4. The Bertz CT molecular complexity index is 326. The molecule has 0 aromatic carbocycles. The lowest BCUT2D eigenvalue weighted by atomic mass is 9.52. The fourth-order valence-electron chi connectivity index (χ4n) is 4.09. The van der Waals surface area contributed by atoms with Crippen LogP contribution in [-0.4, -0.2) is 5.78 Å². The Morgan fingerprint density at radius 1 is 1.40 bits per heavy atom. The average molecular weight is 204 g/mol. The predicted molar refractivity (Wildman–Crippen MR) is 60.4 cm³/mol. The summed E-state index contributed by atoms with van der Waals surface area (Å²) in [6.07, 6.45) is 7.13. The first-order valence-corrected chi connectivity index (χ1v) is 6.42. The van der Waals surface area contributed by atoms with Crippen LogP contribution in [0.3, 0.4) is 0 Å². The standard InChI is InChI=1S/C14H20O/c1-8(2)11-7-13(15)12-6-9-4-3-5-10(11)14(9)12/h6,8,10-12,14H,3-5,7H2,1-2H3/t10-,11-,12+,14-/m1/s1. The molecule has 1 nitrogen and oxygen atoms in total. The second-order valence-electron chi connectivity index (χ2n) is 5.93. The molecule has 0 heterocycles. The number of rotatable bonds is 1. The van der Waals surface area contributed by atoms with Crippen molar-refractivity contribution in [3.05, 3.63) is 11.6 Å². The van der Waals surface area contributed by atoms with E-state index in [4.69, 9.17) is 0 Å². The largest absolute Gasteiger partial charge is 0.299 e. The fraction of sp³-hybridized carbons (Fsp3) is 0.786. The van der Waals surface area contributed by atoms with Crippen molar-refractivity contribution in [1.82, 2.24) is 0 Å². The molecule has 2 fully saturated rings. The molecule has 0 radical (unpaired) electrons. The van der Waals surface area contributed by atoms with Gasteiger partial charge in [-0.3, -0.25) is 4.79 Å². The number of Topliss-reactive ketones (excluding diaryl/α,β-unsaturated/α-hetero) is 1. The van der Waals surface area contributed by atoms with Crippen LogP contribution in [0.25, 0.3) is 0 Å². The highest BCUT2D eigenvalue weighted by Gasteiger charge is 2.50. The van der Waals surface area contributed by atoms with Crippen LogP contribution >= 0.6 is 0 Å². The summed E-state index contributed by atoms with van der Waals surface area (Å²) in [5.74, 6) is 3.72. The molecule has 82 valence electrons. The molecule has 3 aliphatic rings. The highest BCUT2D eigenvalue weighted by molar-refractivity contribution is 5.86. The van der Waals surface area contributed by atoms with Crippen molar-refractivity contribution >= 4 is 5.78 Å². The first-order chi connectivity index (χ1) is 7.18. The van der Waals surface area contributed by atoms with Crippen LogP contribution in [0.4, 0.5) is 0 Å². The number of hydrogen-bond acceptors (Lipinski definition) is 1. The van der Waals surface area contributed by atoms with E-state index in [0.29, 0.717) is 29.5 Å². The first-order valence-electron chi connectivity index (χ1n) is 6.42. The van der Waals surface area contributed by atoms with Gasteiger partial charge >= 0.3 is 0 Å². The molecule has 0 aromatic heterocycles. The SMILES string of the molecule is CC(C)[C@H]1CC(=O)[C@@H]2C=C3CCC[C@H]1[C@@H]32. The molecule has 0 saturated heterocycles. The smallest absolute Gasteiger partial charge is 0.140 e. The van der Waals surface area contributed by atoms with Crippen LogP contribution in [0.15, 0.2) is 11.6 Å². The Kier molecular flexibility index (Phi) is 2.05. The number of hydrogen-bond donors (Lipinski definition) is 0. The minimum Gasteiger partial charge on any atom is -0.299 e. The van der Waals surface area contributed by atoms with E-state index in [0.717, 1.165) is 12.3 Å². The Hall–Kier alpha value is -0.590. The number of ketones is 1. The third-order valence-corrected chi connectivity index (χ3v) is 4.89. The Morgan fingerprint density at radius 3 is 2.93 bits per heavy atom. The van der Waals surface area contributed by atoms with Gasteiger partial charge in [-0.05, 0) is 42.9 Å². The van der Waals surface area contributed by atoms with E-state index in [1.807, 2.05) is 0 Å². The van der Waals surface area contributed by atoms with E-state index in [1.165, 1.54) is 19.3 Å². The average Bonchev–Trinajstić information content (AvgIpc) is 2.15. The highest BCUT2D eigenvalue weighted by atomic mass is 16.1. The van der Waals surface area contributed by atoms with Crippen molar-refractivity contribution in [2.24, 2.45) is 29.6 Å². The van der Waals surface area contributed by atoms with E-state index in [1.54, 1.807) is 5.57 Å². The summed E-state index contributed by atoms with van der Waals surface area (Å²) in [5.41, 5.74) is 1.62. The van der Waals surface area contributed by atoms with Crippen LogP contribution in [0.1, 0.15) is 39.5 Å². The van der Waals surface area contributed by atoms with Gasteiger partial charge in [-0.25, -0.2) is 0 Å². The summed E-state index contributed by atoms with van der Waals surface area (Å²) in [7, 11) is 0. The molecule has 3 aliphatic carbocycles. The van der Waals surface area contributed by atoms with Crippen molar-refractivity contribution < 1.29 is 4.79 Å². The summed E-state index contributed by atoms with van der Waals surface area (Å²) in [4.78, 5) is 12.0. The summed E-state index contributed by atoms with van der Waals surface area (Å²) < 4.78 is 0. The van der Waals surface area contributed by atoms with Gasteiger partial charge in [-0.15, -0.1) is 0 Å². The molecule has 0 bridgehead atoms. The lowest BCUT2D eigenvalue weighted by molar-refractivity contribution is -0.131. The Balaban J connectivity index is 1.92. The molecule has 0 spiro atoms. The number of allylic oxidation sites excluding steroid dienone is 2. The number of carbonyl (C=O) groups is 1. The van der Waals surface area contributed by atoms with Crippen molar-refractivity contribution in [3.8, 4) is 0 Å². The molecule has 15 heavy (non-hydrogen) atoms. The second kappa shape index (κ2) is 3.20. The maximum atomic E-state index is 12.0. The van der Waals surface area contributed by atoms with Gasteiger partial charge in [0.2, 0.25) is 0 Å². The third kappa shape index (κ3) is 1.25.